The van der Waals surface area contributed by atoms with E-state index in [-0.39, 0.29) is 5.03 Å². The van der Waals surface area contributed by atoms with Crippen molar-refractivity contribution in [1.82, 2.24) is 14.2 Å². The lowest BCUT2D eigenvalue weighted by Gasteiger charge is -2.33. The lowest BCUT2D eigenvalue weighted by atomic mass is 10.1. The molecular weight excluding hydrogens is 360 g/mol. The summed E-state index contributed by atoms with van der Waals surface area (Å²) in [7, 11) is -3.61. The second-order valence-corrected chi connectivity index (χ2v) is 8.53. The Labute approximate surface area is 161 Å². The van der Waals surface area contributed by atoms with E-state index in [1.807, 2.05) is 0 Å². The highest BCUT2D eigenvalue weighted by Gasteiger charge is 2.29. The van der Waals surface area contributed by atoms with E-state index in [4.69, 9.17) is 5.26 Å². The van der Waals surface area contributed by atoms with Crippen LogP contribution in [0.25, 0.3) is 11.3 Å². The zero-order valence-electron chi connectivity index (χ0n) is 15.5. The third-order valence-corrected chi connectivity index (χ3v) is 6.60. The summed E-state index contributed by atoms with van der Waals surface area (Å²) in [5.41, 5.74) is 1.93. The van der Waals surface area contributed by atoms with E-state index in [0.717, 1.165) is 38.0 Å². The van der Waals surface area contributed by atoms with E-state index in [1.165, 1.54) is 4.31 Å². The maximum absolute atomic E-state index is 13.0. The minimum Gasteiger partial charge on any atom is -0.301 e. The summed E-state index contributed by atoms with van der Waals surface area (Å²) in [5, 5.41) is 8.98. The summed E-state index contributed by atoms with van der Waals surface area (Å²) >= 11 is 0. The van der Waals surface area contributed by atoms with Gasteiger partial charge in [-0.2, -0.15) is 9.57 Å². The van der Waals surface area contributed by atoms with Crippen molar-refractivity contribution in [3.63, 3.8) is 0 Å². The number of nitrogens with zero attached hydrogens (tertiary/aromatic N) is 4. The first kappa shape index (κ1) is 19.5. The van der Waals surface area contributed by atoms with Crippen LogP contribution in [-0.4, -0.2) is 55.3 Å². The quantitative estimate of drug-likeness (QED) is 0.765. The average molecular weight is 385 g/mol. The van der Waals surface area contributed by atoms with E-state index in [1.54, 1.807) is 42.5 Å². The molecule has 0 unspecified atom stereocenters. The summed E-state index contributed by atoms with van der Waals surface area (Å²) in [4.78, 5) is 6.70. The molecule has 0 spiro atoms. The van der Waals surface area contributed by atoms with Crippen molar-refractivity contribution in [1.29, 1.82) is 5.26 Å². The van der Waals surface area contributed by atoms with Gasteiger partial charge in [0.25, 0.3) is 10.0 Å². The largest absolute Gasteiger partial charge is 0.301 e. The maximum Gasteiger partial charge on any atom is 0.260 e. The molecule has 0 N–H and O–H groups in total. The minimum atomic E-state index is -3.61. The van der Waals surface area contributed by atoms with Crippen LogP contribution in [0, 0.1) is 11.3 Å². The molecule has 0 radical (unpaired) electrons. The highest BCUT2D eigenvalue weighted by Crippen LogP contribution is 2.22. The molecule has 1 aromatic heterocycles. The van der Waals surface area contributed by atoms with Gasteiger partial charge >= 0.3 is 0 Å². The Morgan fingerprint density at radius 1 is 1.07 bits per heavy atom. The van der Waals surface area contributed by atoms with Gasteiger partial charge in [0.15, 0.2) is 5.03 Å². The van der Waals surface area contributed by atoms with Gasteiger partial charge < -0.3 is 4.90 Å². The molecule has 27 heavy (non-hydrogen) atoms. The molecule has 2 aromatic rings. The van der Waals surface area contributed by atoms with Crippen molar-refractivity contribution >= 4 is 10.0 Å². The SMILES string of the molecule is CCCCN1CCN(S(=O)(=O)c2cccc(-c3ccc(C#N)cc3)n2)CC1. The number of rotatable bonds is 6. The monoisotopic (exact) mass is 384 g/mol. The van der Waals surface area contributed by atoms with Crippen LogP contribution in [0.4, 0.5) is 0 Å². The first-order chi connectivity index (χ1) is 13.0. The highest BCUT2D eigenvalue weighted by molar-refractivity contribution is 7.89. The third-order valence-electron chi connectivity index (χ3n) is 4.80. The molecule has 1 aromatic carbocycles. The second kappa shape index (κ2) is 8.61. The number of aromatic nitrogens is 1. The molecule has 2 heterocycles. The minimum absolute atomic E-state index is 0.0753. The lowest BCUT2D eigenvalue weighted by molar-refractivity contribution is 0.186. The Hall–Kier alpha value is -2.27. The van der Waals surface area contributed by atoms with Gasteiger partial charge in [-0.25, -0.2) is 13.4 Å². The Morgan fingerprint density at radius 3 is 2.41 bits per heavy atom. The fourth-order valence-electron chi connectivity index (χ4n) is 3.14. The van der Waals surface area contributed by atoms with Crippen LogP contribution in [0.15, 0.2) is 47.5 Å². The predicted molar refractivity (Wildman–Crippen MR) is 104 cm³/mol. The van der Waals surface area contributed by atoms with Crippen molar-refractivity contribution in [2.75, 3.05) is 32.7 Å². The van der Waals surface area contributed by atoms with Crippen molar-refractivity contribution in [3.8, 4) is 17.3 Å². The summed E-state index contributed by atoms with van der Waals surface area (Å²) in [5.74, 6) is 0. The van der Waals surface area contributed by atoms with Gasteiger partial charge in [0.1, 0.15) is 0 Å². The smallest absolute Gasteiger partial charge is 0.260 e. The molecule has 0 atom stereocenters. The van der Waals surface area contributed by atoms with Crippen molar-refractivity contribution in [2.24, 2.45) is 0 Å². The van der Waals surface area contributed by atoms with E-state index in [2.05, 4.69) is 22.9 Å². The van der Waals surface area contributed by atoms with Gasteiger partial charge in [0, 0.05) is 31.7 Å². The van der Waals surface area contributed by atoms with E-state index in [9.17, 15) is 8.42 Å². The predicted octanol–water partition coefficient (Wildman–Crippen LogP) is 2.73. The molecule has 0 saturated carbocycles. The number of nitriles is 1. The van der Waals surface area contributed by atoms with Gasteiger partial charge in [-0.15, -0.1) is 0 Å². The lowest BCUT2D eigenvalue weighted by Crippen LogP contribution is -2.48. The Balaban J connectivity index is 1.76. The van der Waals surface area contributed by atoms with Gasteiger partial charge in [-0.3, -0.25) is 0 Å². The average Bonchev–Trinajstić information content (AvgIpc) is 2.72. The number of hydrogen-bond acceptors (Lipinski definition) is 5. The topological polar surface area (TPSA) is 77.3 Å². The van der Waals surface area contributed by atoms with Crippen LogP contribution in [0.1, 0.15) is 25.3 Å². The molecule has 1 aliphatic rings. The zero-order chi connectivity index (χ0) is 19.3. The van der Waals surface area contributed by atoms with Crippen LogP contribution >= 0.6 is 0 Å². The molecule has 1 aliphatic heterocycles. The van der Waals surface area contributed by atoms with E-state index in [0.29, 0.717) is 24.3 Å². The number of pyridine rings is 1. The molecule has 1 fully saturated rings. The zero-order valence-corrected chi connectivity index (χ0v) is 16.3. The molecule has 3 rings (SSSR count). The Morgan fingerprint density at radius 2 is 1.78 bits per heavy atom. The normalized spacial score (nSPS) is 16.1. The first-order valence-corrected chi connectivity index (χ1v) is 10.7. The van der Waals surface area contributed by atoms with Crippen molar-refractivity contribution < 1.29 is 8.42 Å². The van der Waals surface area contributed by atoms with Gasteiger partial charge in [0.2, 0.25) is 0 Å². The fourth-order valence-corrected chi connectivity index (χ4v) is 4.52. The summed E-state index contributed by atoms with van der Waals surface area (Å²) < 4.78 is 27.5. The molecule has 6 nitrogen and oxygen atoms in total. The molecule has 142 valence electrons. The number of unbranched alkanes of at least 4 members (excludes halogenated alkanes) is 1. The van der Waals surface area contributed by atoms with Crippen LogP contribution in [0.5, 0.6) is 0 Å². The molecule has 0 aliphatic carbocycles. The van der Waals surface area contributed by atoms with Crippen LogP contribution in [0.3, 0.4) is 0 Å². The molecular formula is C20H24N4O2S. The standard InChI is InChI=1S/C20H24N4O2S/c1-2-3-11-23-12-14-24(15-13-23)27(25,26)20-6-4-5-19(22-20)18-9-7-17(16-21)8-10-18/h4-10H,2-3,11-15H2,1H3. The van der Waals surface area contributed by atoms with Crippen LogP contribution < -0.4 is 0 Å². The molecule has 7 heteroatoms. The summed E-state index contributed by atoms with van der Waals surface area (Å²) in [6.45, 7) is 5.69. The van der Waals surface area contributed by atoms with Gasteiger partial charge in [-0.05, 0) is 37.2 Å². The third kappa shape index (κ3) is 4.53. The number of sulfonamides is 1. The van der Waals surface area contributed by atoms with Crippen LogP contribution in [0.2, 0.25) is 0 Å². The van der Waals surface area contributed by atoms with Gasteiger partial charge in [0.05, 0.1) is 17.3 Å². The van der Waals surface area contributed by atoms with Crippen molar-refractivity contribution in [2.45, 2.75) is 24.8 Å². The first-order valence-electron chi connectivity index (χ1n) is 9.24. The molecule has 0 amide bonds. The summed E-state index contributed by atoms with van der Waals surface area (Å²) in [6.07, 6.45) is 2.28. The van der Waals surface area contributed by atoms with Crippen molar-refractivity contribution in [3.05, 3.63) is 48.0 Å². The number of piperazine rings is 1. The van der Waals surface area contributed by atoms with E-state index < -0.39 is 10.0 Å². The summed E-state index contributed by atoms with van der Waals surface area (Å²) in [6, 6.07) is 14.1. The molecule has 1 saturated heterocycles. The fraction of sp³-hybridized carbons (Fsp3) is 0.400. The number of benzene rings is 1. The Kier molecular flexibility index (Phi) is 6.22. The molecule has 0 bridgehead atoms. The van der Waals surface area contributed by atoms with E-state index >= 15 is 0 Å². The van der Waals surface area contributed by atoms with Gasteiger partial charge in [-0.1, -0.05) is 31.5 Å². The van der Waals surface area contributed by atoms with Crippen LogP contribution in [-0.2, 0) is 10.0 Å². The Bertz CT molecular complexity index is 912. The maximum atomic E-state index is 13.0. The highest BCUT2D eigenvalue weighted by atomic mass is 32.2. The second-order valence-electron chi connectivity index (χ2n) is 6.65. The number of hydrogen-bond donors (Lipinski definition) is 0.